The number of methoxy groups -OCH3 is 1. The molecule has 2 rings (SSSR count). The van der Waals surface area contributed by atoms with Gasteiger partial charge in [0.15, 0.2) is 0 Å². The molecule has 0 aliphatic heterocycles. The predicted octanol–water partition coefficient (Wildman–Crippen LogP) is 3.27. The molecule has 3 atom stereocenters. The third-order valence-electron chi connectivity index (χ3n) is 4.21. The van der Waals surface area contributed by atoms with Crippen molar-refractivity contribution in [2.24, 2.45) is 17.7 Å². The highest BCUT2D eigenvalue weighted by Gasteiger charge is 2.28. The van der Waals surface area contributed by atoms with Crippen LogP contribution in [0.1, 0.15) is 31.7 Å². The molecule has 1 aliphatic carbocycles. The van der Waals surface area contributed by atoms with E-state index in [0.717, 1.165) is 22.6 Å². The zero-order valence-electron chi connectivity index (χ0n) is 11.7. The Hall–Kier alpha value is -0.580. The van der Waals surface area contributed by atoms with E-state index < -0.39 is 0 Å². The van der Waals surface area contributed by atoms with Crippen LogP contribution in [0.3, 0.4) is 0 Å². The van der Waals surface area contributed by atoms with E-state index in [1.54, 1.807) is 7.11 Å². The lowest BCUT2D eigenvalue weighted by Crippen LogP contribution is -2.41. The van der Waals surface area contributed by atoms with Gasteiger partial charge in [0.25, 0.3) is 0 Å². The third-order valence-corrected chi connectivity index (χ3v) is 4.98. The van der Waals surface area contributed by atoms with Crippen molar-refractivity contribution in [3.8, 4) is 5.75 Å². The molecule has 0 aromatic heterocycles. The van der Waals surface area contributed by atoms with E-state index >= 15 is 0 Å². The average molecular weight is 327 g/mol. The van der Waals surface area contributed by atoms with Crippen molar-refractivity contribution in [3.05, 3.63) is 28.2 Å². The summed E-state index contributed by atoms with van der Waals surface area (Å²) in [6.07, 6.45) is 4.81. The molecule has 1 aromatic rings. The van der Waals surface area contributed by atoms with Gasteiger partial charge in [-0.2, -0.15) is 0 Å². The average Bonchev–Trinajstić information content (AvgIpc) is 2.84. The van der Waals surface area contributed by atoms with E-state index in [4.69, 9.17) is 10.6 Å². The monoisotopic (exact) mass is 326 g/mol. The van der Waals surface area contributed by atoms with Gasteiger partial charge in [0.2, 0.25) is 0 Å². The molecule has 3 N–H and O–H groups in total. The van der Waals surface area contributed by atoms with E-state index in [9.17, 15) is 0 Å². The Morgan fingerprint density at radius 2 is 2.26 bits per heavy atom. The van der Waals surface area contributed by atoms with Crippen LogP contribution in [0.4, 0.5) is 0 Å². The minimum atomic E-state index is 0.341. The standard InChI is InChI=1S/C15H23BrN2O/c1-10-3-4-11(7-10)15(18-17)9-12-8-13(19-2)5-6-14(12)16/h5-6,8,10-11,15,18H,3-4,7,9,17H2,1-2H3. The number of hydrogen-bond acceptors (Lipinski definition) is 3. The van der Waals surface area contributed by atoms with Crippen LogP contribution in [0.25, 0.3) is 0 Å². The number of halogens is 1. The topological polar surface area (TPSA) is 47.3 Å². The number of rotatable bonds is 5. The van der Waals surface area contributed by atoms with Crippen LogP contribution in [0.15, 0.2) is 22.7 Å². The van der Waals surface area contributed by atoms with E-state index in [0.29, 0.717) is 12.0 Å². The molecule has 1 saturated carbocycles. The number of hydrogen-bond donors (Lipinski definition) is 2. The van der Waals surface area contributed by atoms with Crippen LogP contribution < -0.4 is 16.0 Å². The van der Waals surface area contributed by atoms with Crippen LogP contribution in [-0.4, -0.2) is 13.2 Å². The zero-order valence-corrected chi connectivity index (χ0v) is 13.2. The van der Waals surface area contributed by atoms with Gasteiger partial charge in [0.05, 0.1) is 7.11 Å². The molecule has 3 nitrogen and oxygen atoms in total. The summed E-state index contributed by atoms with van der Waals surface area (Å²) in [5.41, 5.74) is 4.27. The molecule has 0 heterocycles. The van der Waals surface area contributed by atoms with E-state index in [1.807, 2.05) is 12.1 Å². The first-order chi connectivity index (χ1) is 9.13. The lowest BCUT2D eigenvalue weighted by molar-refractivity contribution is 0.351. The molecule has 0 spiro atoms. The maximum atomic E-state index is 5.77. The summed E-state index contributed by atoms with van der Waals surface area (Å²) in [7, 11) is 1.70. The third kappa shape index (κ3) is 3.71. The largest absolute Gasteiger partial charge is 0.497 e. The van der Waals surface area contributed by atoms with Gasteiger partial charge < -0.3 is 4.74 Å². The fraction of sp³-hybridized carbons (Fsp3) is 0.600. The molecule has 19 heavy (non-hydrogen) atoms. The smallest absolute Gasteiger partial charge is 0.119 e. The lowest BCUT2D eigenvalue weighted by Gasteiger charge is -2.23. The Kier molecular flexibility index (Phi) is 5.25. The first kappa shape index (κ1) is 14.8. The normalized spacial score (nSPS) is 24.4. The molecular weight excluding hydrogens is 304 g/mol. The molecule has 106 valence electrons. The van der Waals surface area contributed by atoms with Crippen molar-refractivity contribution in [1.82, 2.24) is 5.43 Å². The van der Waals surface area contributed by atoms with Gasteiger partial charge in [-0.25, -0.2) is 0 Å². The summed E-state index contributed by atoms with van der Waals surface area (Å²) in [6, 6.07) is 6.44. The van der Waals surface area contributed by atoms with Gasteiger partial charge in [-0.3, -0.25) is 11.3 Å². The summed E-state index contributed by atoms with van der Waals surface area (Å²) in [5, 5.41) is 0. The van der Waals surface area contributed by atoms with Crippen LogP contribution in [-0.2, 0) is 6.42 Å². The van der Waals surface area contributed by atoms with Gasteiger partial charge in [-0.05, 0) is 54.9 Å². The fourth-order valence-corrected chi connectivity index (χ4v) is 3.46. The lowest BCUT2D eigenvalue weighted by atomic mass is 9.92. The van der Waals surface area contributed by atoms with Gasteiger partial charge in [0, 0.05) is 10.5 Å². The second-order valence-electron chi connectivity index (χ2n) is 5.61. The second kappa shape index (κ2) is 6.73. The van der Waals surface area contributed by atoms with Crippen molar-refractivity contribution in [2.75, 3.05) is 7.11 Å². The minimum Gasteiger partial charge on any atom is -0.497 e. The van der Waals surface area contributed by atoms with Crippen LogP contribution in [0, 0.1) is 11.8 Å². The molecule has 0 amide bonds. The van der Waals surface area contributed by atoms with E-state index in [-0.39, 0.29) is 0 Å². The van der Waals surface area contributed by atoms with Gasteiger partial charge in [-0.15, -0.1) is 0 Å². The molecule has 1 aromatic carbocycles. The van der Waals surface area contributed by atoms with Crippen molar-refractivity contribution in [3.63, 3.8) is 0 Å². The van der Waals surface area contributed by atoms with Crippen LogP contribution in [0.2, 0.25) is 0 Å². The highest BCUT2D eigenvalue weighted by molar-refractivity contribution is 9.10. The predicted molar refractivity (Wildman–Crippen MR) is 82.0 cm³/mol. The fourth-order valence-electron chi connectivity index (χ4n) is 3.05. The highest BCUT2D eigenvalue weighted by Crippen LogP contribution is 2.34. The summed E-state index contributed by atoms with van der Waals surface area (Å²) in [6.45, 7) is 2.33. The summed E-state index contributed by atoms with van der Waals surface area (Å²) in [4.78, 5) is 0. The molecular formula is C15H23BrN2O. The highest BCUT2D eigenvalue weighted by atomic mass is 79.9. The van der Waals surface area contributed by atoms with E-state index in [2.05, 4.69) is 34.3 Å². The first-order valence-electron chi connectivity index (χ1n) is 6.92. The number of nitrogens with one attached hydrogen (secondary N) is 1. The van der Waals surface area contributed by atoms with Gasteiger partial charge in [-0.1, -0.05) is 29.3 Å². The number of ether oxygens (including phenoxy) is 1. The number of benzene rings is 1. The Bertz CT molecular complexity index is 425. The first-order valence-corrected chi connectivity index (χ1v) is 7.72. The molecule has 0 saturated heterocycles. The molecule has 4 heteroatoms. The zero-order chi connectivity index (χ0) is 13.8. The second-order valence-corrected chi connectivity index (χ2v) is 6.47. The molecule has 0 radical (unpaired) electrons. The maximum Gasteiger partial charge on any atom is 0.119 e. The molecule has 1 aliphatic rings. The summed E-state index contributed by atoms with van der Waals surface area (Å²) in [5.74, 6) is 8.17. The van der Waals surface area contributed by atoms with Crippen molar-refractivity contribution < 1.29 is 4.74 Å². The van der Waals surface area contributed by atoms with Gasteiger partial charge in [0.1, 0.15) is 5.75 Å². The Morgan fingerprint density at radius 1 is 1.47 bits per heavy atom. The summed E-state index contributed by atoms with van der Waals surface area (Å²) < 4.78 is 6.42. The van der Waals surface area contributed by atoms with Crippen molar-refractivity contribution >= 4 is 15.9 Å². The Morgan fingerprint density at radius 3 is 2.84 bits per heavy atom. The van der Waals surface area contributed by atoms with E-state index in [1.165, 1.54) is 24.8 Å². The molecule has 0 bridgehead atoms. The quantitative estimate of drug-likeness (QED) is 0.645. The van der Waals surface area contributed by atoms with Crippen molar-refractivity contribution in [2.45, 2.75) is 38.6 Å². The Balaban J connectivity index is 2.09. The molecule has 3 unspecified atom stereocenters. The van der Waals surface area contributed by atoms with Crippen LogP contribution >= 0.6 is 15.9 Å². The summed E-state index contributed by atoms with van der Waals surface area (Å²) >= 11 is 3.61. The minimum absolute atomic E-state index is 0.341. The van der Waals surface area contributed by atoms with Crippen LogP contribution in [0.5, 0.6) is 5.75 Å². The number of nitrogens with two attached hydrogens (primary N) is 1. The SMILES string of the molecule is COc1ccc(Br)c(CC(NN)C2CCC(C)C2)c1. The molecule has 1 fully saturated rings. The number of hydrazine groups is 1. The Labute approximate surface area is 124 Å². The maximum absolute atomic E-state index is 5.77. The van der Waals surface area contributed by atoms with Gasteiger partial charge >= 0.3 is 0 Å². The van der Waals surface area contributed by atoms with Crippen molar-refractivity contribution in [1.29, 1.82) is 0 Å².